The number of nitrogens with zero attached hydrogens (tertiary/aromatic N) is 4. The number of fused-ring (bicyclic) bond motifs is 1. The molecule has 2 aromatic carbocycles. The van der Waals surface area contributed by atoms with Gasteiger partial charge in [-0.1, -0.05) is 23.4 Å². The van der Waals surface area contributed by atoms with Crippen molar-refractivity contribution in [2.45, 2.75) is 51.3 Å². The molecule has 5 rings (SSSR count). The topological polar surface area (TPSA) is 116 Å². The van der Waals surface area contributed by atoms with Crippen LogP contribution in [0.25, 0.3) is 22.8 Å². The molecular weight excluding hydrogens is 456 g/mol. The van der Waals surface area contributed by atoms with Crippen LogP contribution in [0.15, 0.2) is 40.9 Å². The van der Waals surface area contributed by atoms with E-state index in [2.05, 4.69) is 32.9 Å². The molecule has 3 aromatic rings. The van der Waals surface area contributed by atoms with Crippen LogP contribution in [-0.2, 0) is 6.42 Å². The molecule has 2 N–H and O–H groups in total. The highest BCUT2D eigenvalue weighted by Gasteiger charge is 2.31. The Morgan fingerprint density at radius 2 is 2.14 bits per heavy atom. The Bertz CT molecular complexity index is 1310. The second-order valence-corrected chi connectivity index (χ2v) is 9.55. The number of nitrogens with one attached hydrogen (secondary N) is 2. The van der Waals surface area contributed by atoms with Crippen LogP contribution in [-0.4, -0.2) is 53.4 Å². The molecule has 9 nitrogen and oxygen atoms in total. The van der Waals surface area contributed by atoms with Gasteiger partial charge >= 0.3 is 6.03 Å². The SMILES string of the molecule is CN[C@@H]1CCN(C(=O)N[C@H]2CCc3c(-c4noc(-c5ccc(OC(C)C)c(C#N)c5)n4)cccc32)C1. The molecule has 2 aliphatic rings. The first-order valence-electron chi connectivity index (χ1n) is 12.4. The van der Waals surface area contributed by atoms with Crippen molar-refractivity contribution in [3.05, 3.63) is 53.1 Å². The van der Waals surface area contributed by atoms with Crippen LogP contribution >= 0.6 is 0 Å². The Hall–Kier alpha value is -3.90. The number of hydrogen-bond donors (Lipinski definition) is 2. The molecule has 1 aromatic heterocycles. The van der Waals surface area contributed by atoms with E-state index in [-0.39, 0.29) is 18.2 Å². The third-order valence-electron chi connectivity index (χ3n) is 6.83. The zero-order valence-electron chi connectivity index (χ0n) is 20.7. The zero-order valence-corrected chi connectivity index (χ0v) is 20.7. The lowest BCUT2D eigenvalue weighted by atomic mass is 10.0. The first-order valence-corrected chi connectivity index (χ1v) is 12.4. The molecule has 2 atom stereocenters. The number of rotatable bonds is 6. The molecule has 36 heavy (non-hydrogen) atoms. The van der Waals surface area contributed by atoms with Gasteiger partial charge in [-0.2, -0.15) is 10.2 Å². The number of urea groups is 1. The van der Waals surface area contributed by atoms with Gasteiger partial charge in [0, 0.05) is 30.3 Å². The highest BCUT2D eigenvalue weighted by atomic mass is 16.5. The van der Waals surface area contributed by atoms with Crippen molar-refractivity contribution in [2.75, 3.05) is 20.1 Å². The molecule has 0 spiro atoms. The molecule has 2 amide bonds. The third-order valence-corrected chi connectivity index (χ3v) is 6.83. The lowest BCUT2D eigenvalue weighted by Gasteiger charge is -2.21. The van der Waals surface area contributed by atoms with Gasteiger partial charge in [0.1, 0.15) is 11.8 Å². The molecule has 9 heteroatoms. The standard InChI is InChI=1S/C27H30N6O3/c1-16(2)35-24-10-7-17(13-18(24)14-28)26-31-25(32-36-26)22-6-4-5-21-20(22)8-9-23(21)30-27(34)33-12-11-19(15-33)29-3/h4-7,10,13,16,19,23,29H,8-9,11-12,15H2,1-3H3,(H,30,34)/t19-,23+/m1/s1. The van der Waals surface area contributed by atoms with Crippen LogP contribution in [0.5, 0.6) is 5.75 Å². The van der Waals surface area contributed by atoms with Crippen molar-refractivity contribution in [3.63, 3.8) is 0 Å². The molecule has 1 aliphatic carbocycles. The third kappa shape index (κ3) is 4.64. The Morgan fingerprint density at radius 1 is 1.28 bits per heavy atom. The van der Waals surface area contributed by atoms with Crippen molar-refractivity contribution in [1.29, 1.82) is 5.26 Å². The number of ether oxygens (including phenoxy) is 1. The van der Waals surface area contributed by atoms with E-state index in [1.165, 1.54) is 0 Å². The van der Waals surface area contributed by atoms with Gasteiger partial charge in [0.05, 0.1) is 17.7 Å². The summed E-state index contributed by atoms with van der Waals surface area (Å²) in [5.74, 6) is 1.36. The minimum Gasteiger partial charge on any atom is -0.490 e. The molecule has 1 saturated heterocycles. The summed E-state index contributed by atoms with van der Waals surface area (Å²) in [5.41, 5.74) is 4.20. The number of nitriles is 1. The van der Waals surface area contributed by atoms with Gasteiger partial charge < -0.3 is 24.8 Å². The lowest BCUT2D eigenvalue weighted by molar-refractivity contribution is 0.203. The van der Waals surface area contributed by atoms with E-state index in [0.29, 0.717) is 34.6 Å². The lowest BCUT2D eigenvalue weighted by Crippen LogP contribution is -2.41. The van der Waals surface area contributed by atoms with Gasteiger partial charge in [-0.3, -0.25) is 0 Å². The fraction of sp³-hybridized carbons (Fsp3) is 0.407. The number of likely N-dealkylation sites (N-methyl/N-ethyl adjacent to an activating group) is 1. The maximum atomic E-state index is 12.8. The van der Waals surface area contributed by atoms with E-state index in [9.17, 15) is 10.1 Å². The van der Waals surface area contributed by atoms with Crippen LogP contribution in [0.1, 0.15) is 49.4 Å². The average Bonchev–Trinajstić information content (AvgIpc) is 3.64. The first kappa shape index (κ1) is 23.8. The summed E-state index contributed by atoms with van der Waals surface area (Å²) in [6.07, 6.45) is 2.58. The number of likely N-dealkylation sites (tertiary alicyclic amines) is 1. The van der Waals surface area contributed by atoms with Gasteiger partial charge in [-0.05, 0) is 69.5 Å². The predicted octanol–water partition coefficient (Wildman–Crippen LogP) is 4.05. The molecule has 186 valence electrons. The summed E-state index contributed by atoms with van der Waals surface area (Å²) < 4.78 is 11.3. The number of benzene rings is 2. The average molecular weight is 487 g/mol. The minimum atomic E-state index is -0.0425. The number of carbonyl (C=O) groups is 1. The molecule has 1 aliphatic heterocycles. The highest BCUT2D eigenvalue weighted by Crippen LogP contribution is 2.38. The van der Waals surface area contributed by atoms with Crippen LogP contribution in [0.4, 0.5) is 4.79 Å². The number of hydrogen-bond acceptors (Lipinski definition) is 7. The molecule has 0 saturated carbocycles. The summed E-state index contributed by atoms with van der Waals surface area (Å²) in [4.78, 5) is 19.3. The molecular formula is C27H30N6O3. The minimum absolute atomic E-state index is 0.0176. The summed E-state index contributed by atoms with van der Waals surface area (Å²) >= 11 is 0. The van der Waals surface area contributed by atoms with E-state index in [1.807, 2.05) is 44.0 Å². The maximum absolute atomic E-state index is 12.8. The second kappa shape index (κ2) is 9.99. The number of amides is 2. The molecule has 0 bridgehead atoms. The fourth-order valence-electron chi connectivity index (χ4n) is 4.99. The molecule has 0 unspecified atom stereocenters. The van der Waals surface area contributed by atoms with Crippen molar-refractivity contribution < 1.29 is 14.1 Å². The van der Waals surface area contributed by atoms with Gasteiger partial charge in [0.25, 0.3) is 5.89 Å². The Labute approximate surface area is 210 Å². The van der Waals surface area contributed by atoms with Crippen molar-refractivity contribution in [3.8, 4) is 34.7 Å². The number of aromatic nitrogens is 2. The Kier molecular flexibility index (Phi) is 6.61. The Morgan fingerprint density at radius 3 is 2.89 bits per heavy atom. The van der Waals surface area contributed by atoms with Gasteiger partial charge in [0.15, 0.2) is 0 Å². The fourth-order valence-corrected chi connectivity index (χ4v) is 4.99. The quantitative estimate of drug-likeness (QED) is 0.540. The van der Waals surface area contributed by atoms with Crippen LogP contribution < -0.4 is 15.4 Å². The molecule has 0 radical (unpaired) electrons. The maximum Gasteiger partial charge on any atom is 0.317 e. The van der Waals surface area contributed by atoms with Crippen LogP contribution in [0.3, 0.4) is 0 Å². The zero-order chi connectivity index (χ0) is 25.2. The van der Waals surface area contributed by atoms with Crippen LogP contribution in [0, 0.1) is 11.3 Å². The van der Waals surface area contributed by atoms with Gasteiger partial charge in [0.2, 0.25) is 5.82 Å². The summed E-state index contributed by atoms with van der Waals surface area (Å²) in [6.45, 7) is 5.32. The summed E-state index contributed by atoms with van der Waals surface area (Å²) in [6, 6.07) is 13.7. The van der Waals surface area contributed by atoms with E-state index in [1.54, 1.807) is 12.1 Å². The normalized spacial score (nSPS) is 18.8. The van der Waals surface area contributed by atoms with Crippen molar-refractivity contribution in [1.82, 2.24) is 25.7 Å². The number of carbonyl (C=O) groups excluding carboxylic acids is 1. The van der Waals surface area contributed by atoms with Gasteiger partial charge in [-0.25, -0.2) is 4.79 Å². The Balaban J connectivity index is 1.35. The van der Waals surface area contributed by atoms with E-state index in [0.717, 1.165) is 49.0 Å². The van der Waals surface area contributed by atoms with E-state index < -0.39 is 0 Å². The van der Waals surface area contributed by atoms with Crippen molar-refractivity contribution >= 4 is 6.03 Å². The smallest absolute Gasteiger partial charge is 0.317 e. The van der Waals surface area contributed by atoms with Gasteiger partial charge in [-0.15, -0.1) is 0 Å². The van der Waals surface area contributed by atoms with Crippen LogP contribution in [0.2, 0.25) is 0 Å². The summed E-state index contributed by atoms with van der Waals surface area (Å²) in [5, 5.41) is 20.2. The molecule has 2 heterocycles. The van der Waals surface area contributed by atoms with E-state index in [4.69, 9.17) is 9.26 Å². The largest absolute Gasteiger partial charge is 0.490 e. The van der Waals surface area contributed by atoms with Crippen molar-refractivity contribution in [2.24, 2.45) is 0 Å². The predicted molar refractivity (Wildman–Crippen MR) is 134 cm³/mol. The monoisotopic (exact) mass is 486 g/mol. The first-order chi connectivity index (χ1) is 17.5. The summed E-state index contributed by atoms with van der Waals surface area (Å²) in [7, 11) is 1.93. The van der Waals surface area contributed by atoms with E-state index >= 15 is 0 Å². The highest BCUT2D eigenvalue weighted by molar-refractivity contribution is 5.76. The second-order valence-electron chi connectivity index (χ2n) is 9.55. The molecule has 1 fully saturated rings.